The van der Waals surface area contributed by atoms with Gasteiger partial charge in [-0.2, -0.15) is 0 Å². The average Bonchev–Trinajstić information content (AvgIpc) is 2.75. The summed E-state index contributed by atoms with van der Waals surface area (Å²) in [5.41, 5.74) is 2.66. The molecule has 2 rings (SSSR count). The van der Waals surface area contributed by atoms with Crippen LogP contribution in [0.4, 0.5) is 0 Å². The van der Waals surface area contributed by atoms with E-state index in [9.17, 15) is 0 Å². The standard InChI is InChI=1S/C18H25NOS/c1-12(2)20-17-8-6-7-16(10-17)11-19-14(4)18-9-13(3)21-15(18)5/h6-10,12,14,19H,11H2,1-5H3. The van der Waals surface area contributed by atoms with Crippen molar-refractivity contribution >= 4 is 11.3 Å². The monoisotopic (exact) mass is 303 g/mol. The lowest BCUT2D eigenvalue weighted by Gasteiger charge is -2.15. The van der Waals surface area contributed by atoms with E-state index < -0.39 is 0 Å². The summed E-state index contributed by atoms with van der Waals surface area (Å²) in [6.07, 6.45) is 0.212. The topological polar surface area (TPSA) is 21.3 Å². The zero-order valence-corrected chi connectivity index (χ0v) is 14.4. The second kappa shape index (κ2) is 7.10. The highest BCUT2D eigenvalue weighted by Gasteiger charge is 2.10. The smallest absolute Gasteiger partial charge is 0.120 e. The molecule has 2 nitrogen and oxygen atoms in total. The van der Waals surface area contributed by atoms with E-state index in [-0.39, 0.29) is 6.10 Å². The number of hydrogen-bond acceptors (Lipinski definition) is 3. The van der Waals surface area contributed by atoms with Crippen molar-refractivity contribution in [3.63, 3.8) is 0 Å². The van der Waals surface area contributed by atoms with Gasteiger partial charge in [-0.15, -0.1) is 11.3 Å². The van der Waals surface area contributed by atoms with Gasteiger partial charge in [-0.05, 0) is 63.9 Å². The van der Waals surface area contributed by atoms with E-state index in [1.807, 2.05) is 17.4 Å². The van der Waals surface area contributed by atoms with E-state index in [1.165, 1.54) is 20.9 Å². The van der Waals surface area contributed by atoms with E-state index in [2.05, 4.69) is 64.2 Å². The largest absolute Gasteiger partial charge is 0.491 e. The molecule has 0 radical (unpaired) electrons. The average molecular weight is 303 g/mol. The van der Waals surface area contributed by atoms with Crippen molar-refractivity contribution in [2.24, 2.45) is 0 Å². The van der Waals surface area contributed by atoms with Crippen LogP contribution in [0.3, 0.4) is 0 Å². The summed E-state index contributed by atoms with van der Waals surface area (Å²) in [5.74, 6) is 0.944. The molecule has 0 bridgehead atoms. The fraction of sp³-hybridized carbons (Fsp3) is 0.444. The molecule has 1 unspecified atom stereocenters. The van der Waals surface area contributed by atoms with Crippen LogP contribution in [0.25, 0.3) is 0 Å². The Labute approximate surface area is 132 Å². The second-order valence-corrected chi connectivity index (χ2v) is 7.25. The first-order valence-corrected chi connectivity index (χ1v) is 8.33. The minimum absolute atomic E-state index is 0.212. The molecular formula is C18H25NOS. The number of nitrogens with one attached hydrogen (secondary N) is 1. The predicted octanol–water partition coefficient (Wildman–Crippen LogP) is 5.00. The molecule has 1 aromatic carbocycles. The van der Waals surface area contributed by atoms with Crippen molar-refractivity contribution in [1.82, 2.24) is 5.32 Å². The Kier molecular flexibility index (Phi) is 5.43. The van der Waals surface area contributed by atoms with Crippen LogP contribution in [-0.4, -0.2) is 6.10 Å². The van der Waals surface area contributed by atoms with Crippen LogP contribution in [0.15, 0.2) is 30.3 Å². The Bertz CT molecular complexity index is 589. The third-order valence-corrected chi connectivity index (χ3v) is 4.41. The lowest BCUT2D eigenvalue weighted by Crippen LogP contribution is -2.18. The summed E-state index contributed by atoms with van der Waals surface area (Å²) in [6.45, 7) is 11.5. The maximum absolute atomic E-state index is 5.74. The molecule has 21 heavy (non-hydrogen) atoms. The Morgan fingerprint density at radius 3 is 2.52 bits per heavy atom. The van der Waals surface area contributed by atoms with Crippen LogP contribution in [-0.2, 0) is 6.54 Å². The van der Waals surface area contributed by atoms with Gasteiger partial charge in [-0.3, -0.25) is 0 Å². The van der Waals surface area contributed by atoms with E-state index in [0.29, 0.717) is 6.04 Å². The van der Waals surface area contributed by atoms with Crippen molar-refractivity contribution in [2.75, 3.05) is 0 Å². The molecule has 0 aliphatic rings. The van der Waals surface area contributed by atoms with Crippen LogP contribution in [0, 0.1) is 13.8 Å². The molecule has 0 fully saturated rings. The van der Waals surface area contributed by atoms with Gasteiger partial charge in [0.2, 0.25) is 0 Å². The quantitative estimate of drug-likeness (QED) is 0.810. The third kappa shape index (κ3) is 4.58. The maximum Gasteiger partial charge on any atom is 0.120 e. The van der Waals surface area contributed by atoms with E-state index >= 15 is 0 Å². The summed E-state index contributed by atoms with van der Waals surface area (Å²) in [4.78, 5) is 2.79. The molecule has 2 aromatic rings. The van der Waals surface area contributed by atoms with Crippen LogP contribution in [0.2, 0.25) is 0 Å². The minimum atomic E-state index is 0.212. The molecule has 0 spiro atoms. The van der Waals surface area contributed by atoms with E-state index in [1.54, 1.807) is 0 Å². The van der Waals surface area contributed by atoms with Gasteiger partial charge in [0.05, 0.1) is 6.10 Å². The van der Waals surface area contributed by atoms with Gasteiger partial charge in [-0.1, -0.05) is 12.1 Å². The maximum atomic E-state index is 5.74. The van der Waals surface area contributed by atoms with Gasteiger partial charge >= 0.3 is 0 Å². The molecular weight excluding hydrogens is 278 g/mol. The minimum Gasteiger partial charge on any atom is -0.491 e. The lowest BCUT2D eigenvalue weighted by atomic mass is 10.1. The number of thiophene rings is 1. The number of ether oxygens (including phenoxy) is 1. The molecule has 1 N–H and O–H groups in total. The number of hydrogen-bond donors (Lipinski definition) is 1. The second-order valence-electron chi connectivity index (χ2n) is 5.79. The fourth-order valence-electron chi connectivity index (χ4n) is 2.46. The number of rotatable bonds is 6. The molecule has 0 aliphatic carbocycles. The highest BCUT2D eigenvalue weighted by Crippen LogP contribution is 2.26. The van der Waals surface area contributed by atoms with Crippen molar-refractivity contribution in [2.45, 2.75) is 53.3 Å². The van der Waals surface area contributed by atoms with E-state index in [4.69, 9.17) is 4.74 Å². The number of aryl methyl sites for hydroxylation is 2. The lowest BCUT2D eigenvalue weighted by molar-refractivity contribution is 0.242. The van der Waals surface area contributed by atoms with Crippen LogP contribution in [0.5, 0.6) is 5.75 Å². The molecule has 0 saturated heterocycles. The highest BCUT2D eigenvalue weighted by atomic mass is 32.1. The Morgan fingerprint density at radius 2 is 1.90 bits per heavy atom. The van der Waals surface area contributed by atoms with Gasteiger partial charge in [-0.25, -0.2) is 0 Å². The van der Waals surface area contributed by atoms with Crippen LogP contribution >= 0.6 is 11.3 Å². The summed E-state index contributed by atoms with van der Waals surface area (Å²) in [6, 6.07) is 11.0. The first kappa shape index (κ1) is 16.1. The van der Waals surface area contributed by atoms with Crippen LogP contribution in [0.1, 0.15) is 47.7 Å². The van der Waals surface area contributed by atoms with Crippen LogP contribution < -0.4 is 10.1 Å². The first-order valence-electron chi connectivity index (χ1n) is 7.51. The van der Waals surface area contributed by atoms with E-state index in [0.717, 1.165) is 12.3 Å². The molecule has 1 atom stereocenters. The van der Waals surface area contributed by atoms with Crippen molar-refractivity contribution in [1.29, 1.82) is 0 Å². The summed E-state index contributed by atoms with van der Waals surface area (Å²) in [7, 11) is 0. The molecule has 0 amide bonds. The van der Waals surface area contributed by atoms with Crippen molar-refractivity contribution in [3.8, 4) is 5.75 Å². The zero-order chi connectivity index (χ0) is 15.4. The van der Waals surface area contributed by atoms with Gasteiger partial charge in [0.25, 0.3) is 0 Å². The predicted molar refractivity (Wildman–Crippen MR) is 91.3 cm³/mol. The highest BCUT2D eigenvalue weighted by molar-refractivity contribution is 7.12. The molecule has 1 aromatic heterocycles. The number of benzene rings is 1. The summed E-state index contributed by atoms with van der Waals surface area (Å²) < 4.78 is 5.74. The first-order chi connectivity index (χ1) is 9.95. The molecule has 114 valence electrons. The molecule has 0 aliphatic heterocycles. The Morgan fingerprint density at radius 1 is 1.14 bits per heavy atom. The molecule has 1 heterocycles. The Hall–Kier alpha value is -1.32. The third-order valence-electron chi connectivity index (χ3n) is 3.43. The fourth-order valence-corrected chi connectivity index (χ4v) is 3.48. The SMILES string of the molecule is Cc1cc(C(C)NCc2cccc(OC(C)C)c2)c(C)s1. The van der Waals surface area contributed by atoms with Crippen molar-refractivity contribution in [3.05, 3.63) is 51.2 Å². The summed E-state index contributed by atoms with van der Waals surface area (Å²) >= 11 is 1.87. The Balaban J connectivity index is 1.98. The van der Waals surface area contributed by atoms with Gasteiger partial charge < -0.3 is 10.1 Å². The summed E-state index contributed by atoms with van der Waals surface area (Å²) in [5, 5.41) is 3.60. The zero-order valence-electron chi connectivity index (χ0n) is 13.6. The molecule has 0 saturated carbocycles. The van der Waals surface area contributed by atoms with Gasteiger partial charge in [0.1, 0.15) is 5.75 Å². The van der Waals surface area contributed by atoms with Crippen molar-refractivity contribution < 1.29 is 4.74 Å². The van der Waals surface area contributed by atoms with Gasteiger partial charge in [0, 0.05) is 22.3 Å². The normalized spacial score (nSPS) is 12.7. The molecule has 3 heteroatoms. The van der Waals surface area contributed by atoms with Gasteiger partial charge in [0.15, 0.2) is 0 Å².